The molecule has 0 saturated carbocycles. The van der Waals surface area contributed by atoms with Crippen LogP contribution in [0.1, 0.15) is 15.9 Å². The highest BCUT2D eigenvalue weighted by molar-refractivity contribution is 7.17. The summed E-state index contributed by atoms with van der Waals surface area (Å²) in [6.07, 6.45) is 0. The molecule has 0 bridgehead atoms. The molecule has 0 aliphatic rings. The van der Waals surface area contributed by atoms with Gasteiger partial charge < -0.3 is 5.32 Å². The Labute approximate surface area is 126 Å². The minimum atomic E-state index is -0.509. The molecule has 0 radical (unpaired) electrons. The average Bonchev–Trinajstić information content (AvgIpc) is 2.96. The second-order valence-corrected chi connectivity index (χ2v) is 5.54. The van der Waals surface area contributed by atoms with E-state index in [1.165, 1.54) is 15.6 Å². The van der Waals surface area contributed by atoms with Gasteiger partial charge >= 0.3 is 0 Å². The molecule has 21 heavy (non-hydrogen) atoms. The summed E-state index contributed by atoms with van der Waals surface area (Å²) in [7, 11) is 0. The number of carbonyl (C=O) groups is 1. The van der Waals surface area contributed by atoms with Gasteiger partial charge in [-0.2, -0.15) is 0 Å². The van der Waals surface area contributed by atoms with Gasteiger partial charge in [-0.1, -0.05) is 18.2 Å². The fraction of sp³-hybridized carbons (Fsp3) is 0.0625. The van der Waals surface area contributed by atoms with Gasteiger partial charge in [-0.15, -0.1) is 11.3 Å². The maximum Gasteiger partial charge on any atom is 0.274 e. The van der Waals surface area contributed by atoms with Crippen molar-refractivity contribution < 1.29 is 10.0 Å². The van der Waals surface area contributed by atoms with E-state index in [2.05, 4.69) is 22.8 Å². The summed E-state index contributed by atoms with van der Waals surface area (Å²) in [5, 5.41) is 15.3. The van der Waals surface area contributed by atoms with Crippen LogP contribution in [0.3, 0.4) is 0 Å². The first-order valence-corrected chi connectivity index (χ1v) is 7.39. The van der Waals surface area contributed by atoms with E-state index in [4.69, 9.17) is 5.21 Å². The fourth-order valence-corrected chi connectivity index (χ4v) is 3.13. The monoisotopic (exact) mass is 298 g/mol. The van der Waals surface area contributed by atoms with Crippen molar-refractivity contribution in [1.82, 2.24) is 5.48 Å². The molecule has 3 aromatic rings. The second-order valence-electron chi connectivity index (χ2n) is 4.63. The summed E-state index contributed by atoms with van der Waals surface area (Å²) in [5.41, 5.74) is 4.23. The number of amides is 1. The number of rotatable bonds is 4. The number of hydrogen-bond acceptors (Lipinski definition) is 4. The molecule has 1 heterocycles. The molecular weight excluding hydrogens is 284 g/mol. The van der Waals surface area contributed by atoms with Gasteiger partial charge in [0.05, 0.1) is 0 Å². The Balaban J connectivity index is 1.71. The van der Waals surface area contributed by atoms with Crippen molar-refractivity contribution in [3.8, 4) is 0 Å². The van der Waals surface area contributed by atoms with E-state index in [-0.39, 0.29) is 0 Å². The lowest BCUT2D eigenvalue weighted by Crippen LogP contribution is -2.18. The quantitative estimate of drug-likeness (QED) is 0.509. The van der Waals surface area contributed by atoms with E-state index in [0.717, 1.165) is 12.2 Å². The molecule has 1 aromatic heterocycles. The molecule has 106 valence electrons. The third kappa shape index (κ3) is 2.89. The van der Waals surface area contributed by atoms with Gasteiger partial charge in [0.1, 0.15) is 0 Å². The Kier molecular flexibility index (Phi) is 3.85. The van der Waals surface area contributed by atoms with Crippen molar-refractivity contribution in [2.75, 3.05) is 5.32 Å². The lowest BCUT2D eigenvalue weighted by Gasteiger charge is -2.06. The molecule has 0 saturated heterocycles. The highest BCUT2D eigenvalue weighted by Gasteiger charge is 2.05. The van der Waals surface area contributed by atoms with E-state index in [1.54, 1.807) is 28.9 Å². The van der Waals surface area contributed by atoms with E-state index in [9.17, 15) is 4.79 Å². The minimum Gasteiger partial charge on any atom is -0.381 e. The maximum atomic E-state index is 11.2. The molecule has 0 spiro atoms. The first-order chi connectivity index (χ1) is 10.3. The van der Waals surface area contributed by atoms with Crippen molar-refractivity contribution in [3.05, 3.63) is 65.0 Å². The van der Waals surface area contributed by atoms with Crippen LogP contribution in [0.4, 0.5) is 5.69 Å². The summed E-state index contributed by atoms with van der Waals surface area (Å²) in [5.74, 6) is -0.509. The maximum absolute atomic E-state index is 11.2. The third-order valence-corrected chi connectivity index (χ3v) is 4.31. The molecule has 0 fully saturated rings. The molecule has 1 amide bonds. The van der Waals surface area contributed by atoms with Crippen LogP contribution in [0, 0.1) is 0 Å². The normalized spacial score (nSPS) is 10.5. The van der Waals surface area contributed by atoms with E-state index in [1.807, 2.05) is 24.3 Å². The smallest absolute Gasteiger partial charge is 0.274 e. The molecule has 0 unspecified atom stereocenters. The van der Waals surface area contributed by atoms with Crippen LogP contribution < -0.4 is 10.8 Å². The van der Waals surface area contributed by atoms with Gasteiger partial charge in [0, 0.05) is 22.5 Å². The highest BCUT2D eigenvalue weighted by Crippen LogP contribution is 2.26. The highest BCUT2D eigenvalue weighted by atomic mass is 32.1. The van der Waals surface area contributed by atoms with Crippen LogP contribution in [-0.4, -0.2) is 11.1 Å². The van der Waals surface area contributed by atoms with E-state index in [0.29, 0.717) is 5.56 Å². The van der Waals surface area contributed by atoms with Crippen LogP contribution in [0.15, 0.2) is 53.9 Å². The zero-order valence-corrected chi connectivity index (χ0v) is 12.0. The molecule has 0 atom stereocenters. The van der Waals surface area contributed by atoms with Crippen LogP contribution in [0.2, 0.25) is 0 Å². The lowest BCUT2D eigenvalue weighted by molar-refractivity contribution is 0.0706. The van der Waals surface area contributed by atoms with Crippen LogP contribution in [-0.2, 0) is 6.54 Å². The number of anilines is 1. The molecule has 0 aliphatic carbocycles. The molecule has 0 aliphatic heterocycles. The average molecular weight is 298 g/mol. The molecule has 5 heteroatoms. The zero-order chi connectivity index (χ0) is 14.7. The van der Waals surface area contributed by atoms with E-state index < -0.39 is 5.91 Å². The van der Waals surface area contributed by atoms with E-state index >= 15 is 0 Å². The Bertz CT molecular complexity index is 765. The van der Waals surface area contributed by atoms with Gasteiger partial charge in [-0.25, -0.2) is 5.48 Å². The van der Waals surface area contributed by atoms with Crippen LogP contribution in [0.25, 0.3) is 10.1 Å². The number of hydroxylamine groups is 1. The largest absolute Gasteiger partial charge is 0.381 e. The summed E-state index contributed by atoms with van der Waals surface area (Å²) in [6.45, 7) is 0.732. The second kappa shape index (κ2) is 5.95. The predicted octanol–water partition coefficient (Wildman–Crippen LogP) is 3.63. The summed E-state index contributed by atoms with van der Waals surface area (Å²) in [4.78, 5) is 11.2. The molecule has 4 nitrogen and oxygen atoms in total. The van der Waals surface area contributed by atoms with Gasteiger partial charge in [0.25, 0.3) is 5.91 Å². The van der Waals surface area contributed by atoms with Crippen molar-refractivity contribution in [2.45, 2.75) is 6.54 Å². The number of nitrogens with one attached hydrogen (secondary N) is 2. The SMILES string of the molecule is O=C(NO)c1ccc(NCc2csc3ccccc23)cc1. The Morgan fingerprint density at radius 3 is 2.62 bits per heavy atom. The lowest BCUT2D eigenvalue weighted by atomic mass is 10.1. The molecule has 3 N–H and O–H groups in total. The Morgan fingerprint density at radius 2 is 1.86 bits per heavy atom. The number of hydrogen-bond donors (Lipinski definition) is 3. The first-order valence-electron chi connectivity index (χ1n) is 6.51. The molecular formula is C16H14N2O2S. The number of fused-ring (bicyclic) bond motifs is 1. The van der Waals surface area contributed by atoms with Crippen molar-refractivity contribution in [2.24, 2.45) is 0 Å². The van der Waals surface area contributed by atoms with Gasteiger partial charge in [-0.3, -0.25) is 10.0 Å². The van der Waals surface area contributed by atoms with Crippen molar-refractivity contribution in [3.63, 3.8) is 0 Å². The fourth-order valence-electron chi connectivity index (χ4n) is 2.17. The first kappa shape index (κ1) is 13.6. The number of thiophene rings is 1. The number of carbonyl (C=O) groups excluding carboxylic acids is 1. The van der Waals surface area contributed by atoms with Gasteiger partial charge in [-0.05, 0) is 46.7 Å². The van der Waals surface area contributed by atoms with Crippen LogP contribution in [0.5, 0.6) is 0 Å². The molecule has 2 aromatic carbocycles. The summed E-state index contributed by atoms with van der Waals surface area (Å²) >= 11 is 1.74. The standard InChI is InChI=1S/C16H14N2O2S/c19-16(18-20)11-5-7-13(8-6-11)17-9-12-10-21-15-4-2-1-3-14(12)15/h1-8,10,17,20H,9H2,(H,18,19). The zero-order valence-electron chi connectivity index (χ0n) is 11.2. The van der Waals surface area contributed by atoms with Gasteiger partial charge in [0.15, 0.2) is 0 Å². The predicted molar refractivity (Wildman–Crippen MR) is 84.8 cm³/mol. The van der Waals surface area contributed by atoms with Gasteiger partial charge in [0.2, 0.25) is 0 Å². The Morgan fingerprint density at radius 1 is 1.10 bits per heavy atom. The number of benzene rings is 2. The third-order valence-electron chi connectivity index (χ3n) is 3.29. The molecule has 3 rings (SSSR count). The summed E-state index contributed by atoms with van der Waals surface area (Å²) in [6, 6.07) is 15.3. The topological polar surface area (TPSA) is 61.4 Å². The van der Waals surface area contributed by atoms with Crippen molar-refractivity contribution in [1.29, 1.82) is 0 Å². The Hall–Kier alpha value is -2.37. The van der Waals surface area contributed by atoms with Crippen molar-refractivity contribution >= 4 is 33.0 Å². The minimum absolute atomic E-state index is 0.420. The summed E-state index contributed by atoms with van der Waals surface area (Å²) < 4.78 is 1.28. The van der Waals surface area contributed by atoms with Crippen LogP contribution >= 0.6 is 11.3 Å².